The van der Waals surface area contributed by atoms with Crippen molar-refractivity contribution in [2.24, 2.45) is 5.92 Å². The number of methoxy groups -OCH3 is 1. The van der Waals surface area contributed by atoms with E-state index in [1.54, 1.807) is 13.3 Å². The van der Waals surface area contributed by atoms with E-state index in [4.69, 9.17) is 4.74 Å². The summed E-state index contributed by atoms with van der Waals surface area (Å²) in [6.07, 6.45) is 4.36. The van der Waals surface area contributed by atoms with Crippen LogP contribution in [0, 0.1) is 5.92 Å². The number of ether oxygens (including phenoxy) is 1. The Morgan fingerprint density at radius 1 is 1.40 bits per heavy atom. The standard InChI is InChI=1S/C16H27N3O/c1-13(2)19(11-14-6-9-17-10-7-14)12-15-5-4-8-18-16(15)20-3/h4-5,8,13-14,17H,6-7,9-12H2,1-3H3. The highest BCUT2D eigenvalue weighted by Crippen LogP contribution is 2.21. The van der Waals surface area contributed by atoms with Gasteiger partial charge in [-0.1, -0.05) is 6.07 Å². The van der Waals surface area contributed by atoms with Crippen LogP contribution in [-0.4, -0.2) is 42.7 Å². The second-order valence-electron chi connectivity index (χ2n) is 5.89. The van der Waals surface area contributed by atoms with Gasteiger partial charge in [-0.25, -0.2) is 4.98 Å². The van der Waals surface area contributed by atoms with Crippen molar-refractivity contribution in [1.82, 2.24) is 15.2 Å². The Balaban J connectivity index is 2.01. The first-order valence-corrected chi connectivity index (χ1v) is 7.63. The summed E-state index contributed by atoms with van der Waals surface area (Å²) in [5, 5.41) is 3.44. The van der Waals surface area contributed by atoms with Crippen LogP contribution in [0.1, 0.15) is 32.3 Å². The lowest BCUT2D eigenvalue weighted by molar-refractivity contribution is 0.160. The average molecular weight is 277 g/mol. The lowest BCUT2D eigenvalue weighted by atomic mass is 9.97. The number of pyridine rings is 1. The lowest BCUT2D eigenvalue weighted by Gasteiger charge is -2.33. The molecule has 1 N–H and O–H groups in total. The van der Waals surface area contributed by atoms with Gasteiger partial charge in [-0.05, 0) is 51.8 Å². The van der Waals surface area contributed by atoms with Gasteiger partial charge in [0.2, 0.25) is 5.88 Å². The van der Waals surface area contributed by atoms with Gasteiger partial charge in [0.1, 0.15) is 0 Å². The fourth-order valence-electron chi connectivity index (χ4n) is 2.80. The molecule has 0 radical (unpaired) electrons. The van der Waals surface area contributed by atoms with Gasteiger partial charge in [-0.2, -0.15) is 0 Å². The first kappa shape index (κ1) is 15.3. The van der Waals surface area contributed by atoms with Crippen molar-refractivity contribution in [1.29, 1.82) is 0 Å². The zero-order valence-corrected chi connectivity index (χ0v) is 12.9. The van der Waals surface area contributed by atoms with Crippen molar-refractivity contribution in [3.63, 3.8) is 0 Å². The third kappa shape index (κ3) is 4.18. The smallest absolute Gasteiger partial charge is 0.217 e. The Labute approximate surface area is 122 Å². The van der Waals surface area contributed by atoms with Crippen molar-refractivity contribution in [3.8, 4) is 5.88 Å². The summed E-state index contributed by atoms with van der Waals surface area (Å²) in [4.78, 5) is 6.83. The van der Waals surface area contributed by atoms with Crippen molar-refractivity contribution >= 4 is 0 Å². The molecule has 1 aromatic heterocycles. The molecule has 1 aliphatic heterocycles. The Morgan fingerprint density at radius 2 is 2.15 bits per heavy atom. The monoisotopic (exact) mass is 277 g/mol. The summed E-state index contributed by atoms with van der Waals surface area (Å²) in [5.41, 5.74) is 1.18. The fraction of sp³-hybridized carbons (Fsp3) is 0.688. The highest BCUT2D eigenvalue weighted by molar-refractivity contribution is 5.25. The number of hydrogen-bond donors (Lipinski definition) is 1. The largest absolute Gasteiger partial charge is 0.481 e. The Bertz CT molecular complexity index is 402. The predicted octanol–water partition coefficient (Wildman–Crippen LogP) is 2.30. The Morgan fingerprint density at radius 3 is 2.80 bits per heavy atom. The molecule has 0 saturated carbocycles. The molecule has 0 atom stereocenters. The third-order valence-electron chi connectivity index (χ3n) is 4.10. The number of hydrogen-bond acceptors (Lipinski definition) is 4. The van der Waals surface area contributed by atoms with E-state index in [0.717, 1.165) is 38.0 Å². The summed E-state index contributed by atoms with van der Waals surface area (Å²) in [7, 11) is 1.69. The van der Waals surface area contributed by atoms with Gasteiger partial charge in [0, 0.05) is 30.9 Å². The molecule has 112 valence electrons. The second-order valence-corrected chi connectivity index (χ2v) is 5.89. The van der Waals surface area contributed by atoms with Crippen LogP contribution in [0.4, 0.5) is 0 Å². The zero-order valence-electron chi connectivity index (χ0n) is 12.9. The summed E-state index contributed by atoms with van der Waals surface area (Å²) >= 11 is 0. The van der Waals surface area contributed by atoms with Gasteiger partial charge in [0.05, 0.1) is 7.11 Å². The Hall–Kier alpha value is -1.13. The van der Waals surface area contributed by atoms with Crippen molar-refractivity contribution < 1.29 is 4.74 Å². The van der Waals surface area contributed by atoms with E-state index in [2.05, 4.69) is 35.1 Å². The topological polar surface area (TPSA) is 37.4 Å². The Kier molecular flexibility index (Phi) is 5.80. The molecule has 0 aliphatic carbocycles. The quantitative estimate of drug-likeness (QED) is 0.866. The predicted molar refractivity (Wildman–Crippen MR) is 81.9 cm³/mol. The maximum atomic E-state index is 5.37. The molecule has 0 spiro atoms. The molecule has 2 rings (SSSR count). The van der Waals surface area contributed by atoms with Crippen molar-refractivity contribution in [2.45, 2.75) is 39.3 Å². The van der Waals surface area contributed by atoms with E-state index in [0.29, 0.717) is 6.04 Å². The molecule has 1 aliphatic rings. The molecule has 1 aromatic rings. The van der Waals surface area contributed by atoms with Gasteiger partial charge >= 0.3 is 0 Å². The molecule has 20 heavy (non-hydrogen) atoms. The van der Waals surface area contributed by atoms with Crippen LogP contribution in [0.2, 0.25) is 0 Å². The minimum absolute atomic E-state index is 0.537. The maximum Gasteiger partial charge on any atom is 0.217 e. The van der Waals surface area contributed by atoms with Gasteiger partial charge in [0.15, 0.2) is 0 Å². The number of aromatic nitrogens is 1. The summed E-state index contributed by atoms with van der Waals surface area (Å²) in [6, 6.07) is 4.64. The summed E-state index contributed by atoms with van der Waals surface area (Å²) in [5.74, 6) is 1.56. The molecule has 0 unspecified atom stereocenters. The molecule has 1 fully saturated rings. The van der Waals surface area contributed by atoms with Crippen molar-refractivity contribution in [3.05, 3.63) is 23.9 Å². The number of nitrogens with zero attached hydrogens (tertiary/aromatic N) is 2. The van der Waals surface area contributed by atoms with E-state index in [9.17, 15) is 0 Å². The fourth-order valence-corrected chi connectivity index (χ4v) is 2.80. The number of piperidine rings is 1. The van der Waals surface area contributed by atoms with Crippen LogP contribution >= 0.6 is 0 Å². The SMILES string of the molecule is COc1ncccc1CN(CC1CCNCC1)C(C)C. The molecular formula is C16H27N3O. The van der Waals surface area contributed by atoms with Gasteiger partial charge < -0.3 is 10.1 Å². The molecule has 0 aromatic carbocycles. The van der Waals surface area contributed by atoms with E-state index >= 15 is 0 Å². The molecule has 0 bridgehead atoms. The molecule has 4 heteroatoms. The summed E-state index contributed by atoms with van der Waals surface area (Å²) in [6.45, 7) is 8.93. The van der Waals surface area contributed by atoms with Crippen LogP contribution in [0.25, 0.3) is 0 Å². The first-order valence-electron chi connectivity index (χ1n) is 7.63. The number of rotatable bonds is 6. The minimum Gasteiger partial charge on any atom is -0.481 e. The zero-order chi connectivity index (χ0) is 14.4. The molecule has 1 saturated heterocycles. The van der Waals surface area contributed by atoms with Gasteiger partial charge in [0.25, 0.3) is 0 Å². The average Bonchev–Trinajstić information content (AvgIpc) is 2.48. The van der Waals surface area contributed by atoms with E-state index < -0.39 is 0 Å². The van der Waals surface area contributed by atoms with E-state index in [1.165, 1.54) is 18.4 Å². The summed E-state index contributed by atoms with van der Waals surface area (Å²) < 4.78 is 5.37. The van der Waals surface area contributed by atoms with Crippen LogP contribution < -0.4 is 10.1 Å². The molecule has 0 amide bonds. The van der Waals surface area contributed by atoms with Gasteiger partial charge in [-0.15, -0.1) is 0 Å². The highest BCUT2D eigenvalue weighted by Gasteiger charge is 2.20. The molecule has 4 nitrogen and oxygen atoms in total. The number of nitrogens with one attached hydrogen (secondary N) is 1. The third-order valence-corrected chi connectivity index (χ3v) is 4.10. The van der Waals surface area contributed by atoms with Crippen LogP contribution in [0.15, 0.2) is 18.3 Å². The van der Waals surface area contributed by atoms with E-state index in [1.807, 2.05) is 6.07 Å². The van der Waals surface area contributed by atoms with Gasteiger partial charge in [-0.3, -0.25) is 4.90 Å². The lowest BCUT2D eigenvalue weighted by Crippen LogP contribution is -2.39. The maximum absolute atomic E-state index is 5.37. The van der Waals surface area contributed by atoms with Crippen LogP contribution in [-0.2, 0) is 6.54 Å². The van der Waals surface area contributed by atoms with Crippen molar-refractivity contribution in [2.75, 3.05) is 26.7 Å². The molecular weight excluding hydrogens is 250 g/mol. The van der Waals surface area contributed by atoms with E-state index in [-0.39, 0.29) is 0 Å². The molecule has 2 heterocycles. The second kappa shape index (κ2) is 7.60. The first-order chi connectivity index (χ1) is 9.70. The van der Waals surface area contributed by atoms with Crippen LogP contribution in [0.5, 0.6) is 5.88 Å². The highest BCUT2D eigenvalue weighted by atomic mass is 16.5. The van der Waals surface area contributed by atoms with Crippen LogP contribution in [0.3, 0.4) is 0 Å². The minimum atomic E-state index is 0.537. The normalized spacial score (nSPS) is 16.9.